The minimum absolute atomic E-state index is 0.0166. The lowest BCUT2D eigenvalue weighted by Crippen LogP contribution is -2.45. The molecule has 1 heterocycles. The van der Waals surface area contributed by atoms with E-state index in [1.54, 1.807) is 19.2 Å². The van der Waals surface area contributed by atoms with E-state index in [1.807, 2.05) is 12.1 Å². The van der Waals surface area contributed by atoms with E-state index >= 15 is 0 Å². The highest BCUT2D eigenvalue weighted by molar-refractivity contribution is 9.10. The molecule has 0 atom stereocenters. The summed E-state index contributed by atoms with van der Waals surface area (Å²) in [6.45, 7) is 7.00. The number of nitrogens with one attached hydrogen (secondary N) is 2. The Morgan fingerprint density at radius 3 is 2.79 bits per heavy atom. The second kappa shape index (κ2) is 11.1. The summed E-state index contributed by atoms with van der Waals surface area (Å²) in [5.74, 6) is 0.722. The molecule has 0 aliphatic carbocycles. The van der Waals surface area contributed by atoms with Crippen molar-refractivity contribution in [3.63, 3.8) is 0 Å². The van der Waals surface area contributed by atoms with E-state index in [9.17, 15) is 4.39 Å². The van der Waals surface area contributed by atoms with E-state index in [2.05, 4.69) is 31.5 Å². The zero-order chi connectivity index (χ0) is 20.6. The lowest BCUT2D eigenvalue weighted by atomic mass is 10.2. The molecule has 1 fully saturated rings. The molecule has 0 saturated carbocycles. The zero-order valence-corrected chi connectivity index (χ0v) is 18.8. The van der Waals surface area contributed by atoms with E-state index in [0.29, 0.717) is 22.1 Å². The molecule has 1 saturated heterocycles. The first-order valence-electron chi connectivity index (χ1n) is 9.64. The van der Waals surface area contributed by atoms with Crippen LogP contribution >= 0.6 is 27.5 Å². The van der Waals surface area contributed by atoms with Crippen LogP contribution in [0.4, 0.5) is 4.39 Å². The van der Waals surface area contributed by atoms with Crippen LogP contribution in [0.2, 0.25) is 5.02 Å². The summed E-state index contributed by atoms with van der Waals surface area (Å²) in [6, 6.07) is 8.50. The maximum absolute atomic E-state index is 14.0. The monoisotopic (exact) mass is 485 g/mol. The van der Waals surface area contributed by atoms with Gasteiger partial charge in [-0.05, 0) is 45.8 Å². The summed E-state index contributed by atoms with van der Waals surface area (Å²) in [5, 5.41) is 7.17. The number of nitrogens with zero attached hydrogens (tertiary/aromatic N) is 1. The van der Waals surface area contributed by atoms with Crippen LogP contribution in [0.15, 0.2) is 34.8 Å². The van der Waals surface area contributed by atoms with Crippen LogP contribution in [0.1, 0.15) is 11.1 Å². The largest absolute Gasteiger partial charge is 0.493 e. The molecule has 1 aliphatic rings. The third-order valence-electron chi connectivity index (χ3n) is 4.86. The fraction of sp³-hybridized carbons (Fsp3) is 0.429. The number of ether oxygens (including phenoxy) is 2. The third kappa shape index (κ3) is 6.30. The SMILES string of the molecule is COc1cc(CNCCN2CCNCC2)cc(Br)c1OCc1c(F)cccc1Cl. The van der Waals surface area contributed by atoms with Crippen molar-refractivity contribution >= 4 is 27.5 Å². The van der Waals surface area contributed by atoms with Crippen LogP contribution in [0.3, 0.4) is 0 Å². The first kappa shape index (κ1) is 22.3. The Morgan fingerprint density at radius 2 is 2.07 bits per heavy atom. The summed E-state index contributed by atoms with van der Waals surface area (Å²) >= 11 is 9.63. The Bertz CT molecular complexity index is 799. The van der Waals surface area contributed by atoms with Gasteiger partial charge in [0.1, 0.15) is 12.4 Å². The molecule has 8 heteroatoms. The van der Waals surface area contributed by atoms with Crippen LogP contribution in [0, 0.1) is 5.82 Å². The van der Waals surface area contributed by atoms with E-state index in [1.165, 1.54) is 6.07 Å². The lowest BCUT2D eigenvalue weighted by Gasteiger charge is -2.27. The minimum atomic E-state index is -0.391. The highest BCUT2D eigenvalue weighted by atomic mass is 79.9. The second-order valence-electron chi connectivity index (χ2n) is 6.87. The van der Waals surface area contributed by atoms with Crippen LogP contribution in [-0.4, -0.2) is 51.3 Å². The predicted octanol–water partition coefficient (Wildman–Crippen LogP) is 3.82. The Labute approximate surface area is 184 Å². The van der Waals surface area contributed by atoms with Crippen LogP contribution in [0.5, 0.6) is 11.5 Å². The molecule has 2 aromatic carbocycles. The van der Waals surface area contributed by atoms with Crippen LogP contribution < -0.4 is 20.1 Å². The maximum Gasteiger partial charge on any atom is 0.175 e. The topological polar surface area (TPSA) is 45.8 Å². The van der Waals surface area contributed by atoms with Gasteiger partial charge in [-0.2, -0.15) is 0 Å². The Morgan fingerprint density at radius 1 is 1.28 bits per heavy atom. The van der Waals surface area contributed by atoms with Crippen molar-refractivity contribution in [3.8, 4) is 11.5 Å². The van der Waals surface area contributed by atoms with E-state index < -0.39 is 5.82 Å². The Kier molecular flexibility index (Phi) is 8.56. The van der Waals surface area contributed by atoms with Gasteiger partial charge in [-0.15, -0.1) is 0 Å². The summed E-state index contributed by atoms with van der Waals surface area (Å²) < 4.78 is 26.1. The molecule has 0 aromatic heterocycles. The molecular weight excluding hydrogens is 461 g/mol. The van der Waals surface area contributed by atoms with Gasteiger partial charge >= 0.3 is 0 Å². The molecule has 2 aromatic rings. The smallest absolute Gasteiger partial charge is 0.175 e. The summed E-state index contributed by atoms with van der Waals surface area (Å²) in [5.41, 5.74) is 1.40. The number of halogens is 3. The van der Waals surface area contributed by atoms with Gasteiger partial charge in [0.2, 0.25) is 0 Å². The summed E-state index contributed by atoms with van der Waals surface area (Å²) in [4.78, 5) is 2.45. The number of benzene rings is 2. The highest BCUT2D eigenvalue weighted by Gasteiger charge is 2.15. The van der Waals surface area contributed by atoms with Crippen molar-refractivity contribution in [2.75, 3.05) is 46.4 Å². The molecule has 29 heavy (non-hydrogen) atoms. The van der Waals surface area contributed by atoms with Gasteiger partial charge in [-0.25, -0.2) is 4.39 Å². The number of piperazine rings is 1. The number of hydrogen-bond donors (Lipinski definition) is 2. The number of rotatable bonds is 9. The molecule has 1 aliphatic heterocycles. The third-order valence-corrected chi connectivity index (χ3v) is 5.80. The minimum Gasteiger partial charge on any atom is -0.493 e. The Hall–Kier alpha value is -1.38. The number of hydrogen-bond acceptors (Lipinski definition) is 5. The summed E-state index contributed by atoms with van der Waals surface area (Å²) in [7, 11) is 1.59. The second-order valence-corrected chi connectivity index (χ2v) is 8.13. The molecule has 5 nitrogen and oxygen atoms in total. The van der Waals surface area contributed by atoms with Crippen LogP contribution in [-0.2, 0) is 13.2 Å². The van der Waals surface area contributed by atoms with Gasteiger partial charge < -0.3 is 20.1 Å². The first-order chi connectivity index (χ1) is 14.1. The maximum atomic E-state index is 14.0. The molecule has 158 valence electrons. The fourth-order valence-corrected chi connectivity index (χ4v) is 4.06. The molecule has 0 bridgehead atoms. The van der Waals surface area contributed by atoms with E-state index in [4.69, 9.17) is 21.1 Å². The van der Waals surface area contributed by atoms with Crippen molar-refractivity contribution in [2.24, 2.45) is 0 Å². The molecular formula is C21H26BrClFN3O2. The quantitative estimate of drug-likeness (QED) is 0.528. The van der Waals surface area contributed by atoms with Gasteiger partial charge in [-0.3, -0.25) is 4.90 Å². The fourth-order valence-electron chi connectivity index (χ4n) is 3.23. The lowest BCUT2D eigenvalue weighted by molar-refractivity contribution is 0.241. The average molecular weight is 487 g/mol. The van der Waals surface area contributed by atoms with Gasteiger partial charge in [0.05, 0.1) is 16.6 Å². The molecule has 0 amide bonds. The van der Waals surface area contributed by atoms with Gasteiger partial charge in [0.25, 0.3) is 0 Å². The molecule has 3 rings (SSSR count). The predicted molar refractivity (Wildman–Crippen MR) is 117 cm³/mol. The molecule has 2 N–H and O–H groups in total. The average Bonchev–Trinajstić information content (AvgIpc) is 2.72. The van der Waals surface area contributed by atoms with Gasteiger partial charge in [0.15, 0.2) is 11.5 Å². The molecule has 0 spiro atoms. The van der Waals surface area contributed by atoms with Gasteiger partial charge in [0, 0.05) is 51.4 Å². The molecule has 0 radical (unpaired) electrons. The van der Waals surface area contributed by atoms with Crippen molar-refractivity contribution in [1.82, 2.24) is 15.5 Å². The Balaban J connectivity index is 1.58. The van der Waals surface area contributed by atoms with Crippen molar-refractivity contribution < 1.29 is 13.9 Å². The standard InChI is InChI=1S/C21H26BrClFN3O2/c1-28-20-12-15(13-26-7-10-27-8-5-25-6-9-27)11-17(22)21(20)29-14-16-18(23)3-2-4-19(16)24/h2-4,11-12,25-26H,5-10,13-14H2,1H3. The molecule has 0 unspecified atom stereocenters. The van der Waals surface area contributed by atoms with Gasteiger partial charge in [-0.1, -0.05) is 17.7 Å². The zero-order valence-electron chi connectivity index (χ0n) is 16.4. The first-order valence-corrected chi connectivity index (χ1v) is 10.8. The van der Waals surface area contributed by atoms with E-state index in [0.717, 1.165) is 55.8 Å². The summed E-state index contributed by atoms with van der Waals surface area (Å²) in [6.07, 6.45) is 0. The van der Waals surface area contributed by atoms with E-state index in [-0.39, 0.29) is 6.61 Å². The number of methoxy groups -OCH3 is 1. The normalized spacial score (nSPS) is 14.8. The highest BCUT2D eigenvalue weighted by Crippen LogP contribution is 2.37. The van der Waals surface area contributed by atoms with Crippen molar-refractivity contribution in [1.29, 1.82) is 0 Å². The van der Waals surface area contributed by atoms with Crippen LogP contribution in [0.25, 0.3) is 0 Å². The van der Waals surface area contributed by atoms with Crippen molar-refractivity contribution in [2.45, 2.75) is 13.2 Å². The van der Waals surface area contributed by atoms with Crippen molar-refractivity contribution in [3.05, 3.63) is 56.8 Å².